The monoisotopic (exact) mass is 349 g/mol. The molecule has 0 bridgehead atoms. The first-order chi connectivity index (χ1) is 11.5. The second kappa shape index (κ2) is 6.85. The molecule has 1 aliphatic rings. The molecule has 1 saturated heterocycles. The average molecular weight is 350 g/mol. The van der Waals surface area contributed by atoms with Crippen LogP contribution in [0.3, 0.4) is 0 Å². The number of benzene rings is 1. The number of aryl methyl sites for hydroxylation is 1. The van der Waals surface area contributed by atoms with Gasteiger partial charge in [-0.15, -0.1) is 0 Å². The zero-order chi connectivity index (χ0) is 17.3. The Morgan fingerprint density at radius 3 is 2.67 bits per heavy atom. The summed E-state index contributed by atoms with van der Waals surface area (Å²) in [4.78, 5) is 26.6. The predicted octanol–water partition coefficient (Wildman–Crippen LogP) is 3.32. The lowest BCUT2D eigenvalue weighted by Gasteiger charge is -2.26. The van der Waals surface area contributed by atoms with E-state index in [4.69, 9.17) is 20.8 Å². The van der Waals surface area contributed by atoms with E-state index in [9.17, 15) is 9.59 Å². The van der Waals surface area contributed by atoms with Gasteiger partial charge in [-0.3, -0.25) is 4.79 Å². The summed E-state index contributed by atoms with van der Waals surface area (Å²) in [6.07, 6.45) is 3.26. The highest BCUT2D eigenvalue weighted by Crippen LogP contribution is 2.31. The molecule has 0 atom stereocenters. The number of hydrogen-bond acceptors (Lipinski definition) is 4. The molecule has 1 aromatic carbocycles. The Balaban J connectivity index is 1.99. The molecule has 0 spiro atoms. The summed E-state index contributed by atoms with van der Waals surface area (Å²) in [6.45, 7) is 3.35. The highest BCUT2D eigenvalue weighted by Gasteiger charge is 2.21. The van der Waals surface area contributed by atoms with Crippen LogP contribution < -0.4 is 10.4 Å². The van der Waals surface area contributed by atoms with Crippen molar-refractivity contribution < 1.29 is 13.9 Å². The quantitative estimate of drug-likeness (QED) is 0.797. The van der Waals surface area contributed by atoms with Crippen LogP contribution in [0, 0.1) is 6.92 Å². The summed E-state index contributed by atoms with van der Waals surface area (Å²) < 4.78 is 10.5. The number of amides is 1. The number of rotatable bonds is 3. The fraction of sp³-hybridized carbons (Fsp3) is 0.444. The Hall–Kier alpha value is -2.01. The SMILES string of the molecule is COc1cc2oc(=O)c(CC(=O)N3CCCCC3)c(C)c2cc1Cl. The van der Waals surface area contributed by atoms with Crippen molar-refractivity contribution in [3.8, 4) is 5.75 Å². The summed E-state index contributed by atoms with van der Waals surface area (Å²) in [6, 6.07) is 3.31. The Labute approximate surface area is 145 Å². The zero-order valence-corrected chi connectivity index (χ0v) is 14.6. The van der Waals surface area contributed by atoms with E-state index >= 15 is 0 Å². The fourth-order valence-corrected chi connectivity index (χ4v) is 3.40. The number of carbonyl (C=O) groups is 1. The van der Waals surface area contributed by atoms with Crippen molar-refractivity contribution in [3.05, 3.63) is 38.7 Å². The smallest absolute Gasteiger partial charge is 0.340 e. The molecule has 24 heavy (non-hydrogen) atoms. The summed E-state index contributed by atoms with van der Waals surface area (Å²) in [5.41, 5.74) is 1.07. The van der Waals surface area contributed by atoms with Gasteiger partial charge in [-0.2, -0.15) is 0 Å². The second-order valence-corrected chi connectivity index (χ2v) is 6.50. The summed E-state index contributed by atoms with van der Waals surface area (Å²) in [5, 5.41) is 1.16. The first-order valence-corrected chi connectivity index (χ1v) is 8.46. The maximum Gasteiger partial charge on any atom is 0.340 e. The van der Waals surface area contributed by atoms with Gasteiger partial charge in [-0.25, -0.2) is 4.79 Å². The molecule has 1 aromatic heterocycles. The molecule has 6 heteroatoms. The van der Waals surface area contributed by atoms with Gasteiger partial charge in [-0.05, 0) is 37.8 Å². The van der Waals surface area contributed by atoms with Crippen molar-refractivity contribution in [2.24, 2.45) is 0 Å². The summed E-state index contributed by atoms with van der Waals surface area (Å²) in [5.74, 6) is 0.424. The number of methoxy groups -OCH3 is 1. The molecule has 1 amide bonds. The lowest BCUT2D eigenvalue weighted by molar-refractivity contribution is -0.131. The van der Waals surface area contributed by atoms with Crippen LogP contribution >= 0.6 is 11.6 Å². The molecule has 3 rings (SSSR count). The maximum absolute atomic E-state index is 12.5. The molecule has 1 aliphatic heterocycles. The number of ether oxygens (including phenoxy) is 1. The number of fused-ring (bicyclic) bond motifs is 1. The molecule has 0 unspecified atom stereocenters. The van der Waals surface area contributed by atoms with Gasteiger partial charge in [0.1, 0.15) is 11.3 Å². The van der Waals surface area contributed by atoms with Gasteiger partial charge in [-0.1, -0.05) is 11.6 Å². The molecule has 0 radical (unpaired) electrons. The average Bonchev–Trinajstić information content (AvgIpc) is 2.59. The fourth-order valence-electron chi connectivity index (χ4n) is 3.16. The molecule has 2 aromatic rings. The van der Waals surface area contributed by atoms with Crippen LogP contribution in [0.25, 0.3) is 11.0 Å². The van der Waals surface area contributed by atoms with E-state index in [0.717, 1.165) is 43.3 Å². The van der Waals surface area contributed by atoms with Crippen molar-refractivity contribution in [2.45, 2.75) is 32.6 Å². The molecule has 0 aliphatic carbocycles. The van der Waals surface area contributed by atoms with Crippen molar-refractivity contribution in [1.29, 1.82) is 0 Å². The molecule has 2 heterocycles. The van der Waals surface area contributed by atoms with E-state index in [0.29, 0.717) is 21.9 Å². The van der Waals surface area contributed by atoms with Crippen LogP contribution in [-0.4, -0.2) is 31.0 Å². The minimum absolute atomic E-state index is 0.0240. The lowest BCUT2D eigenvalue weighted by atomic mass is 10.0. The summed E-state index contributed by atoms with van der Waals surface area (Å²) in [7, 11) is 1.50. The third-order valence-electron chi connectivity index (χ3n) is 4.60. The Bertz CT molecular complexity index is 837. The third kappa shape index (κ3) is 3.13. The Kier molecular flexibility index (Phi) is 4.81. The first kappa shape index (κ1) is 16.8. The van der Waals surface area contributed by atoms with E-state index < -0.39 is 5.63 Å². The van der Waals surface area contributed by atoms with E-state index in [1.54, 1.807) is 12.1 Å². The number of piperidine rings is 1. The lowest BCUT2D eigenvalue weighted by Crippen LogP contribution is -2.37. The topological polar surface area (TPSA) is 59.8 Å². The number of halogens is 1. The van der Waals surface area contributed by atoms with Crippen LogP contribution in [0.5, 0.6) is 5.75 Å². The highest BCUT2D eigenvalue weighted by molar-refractivity contribution is 6.32. The largest absolute Gasteiger partial charge is 0.495 e. The van der Waals surface area contributed by atoms with Gasteiger partial charge in [0.15, 0.2) is 0 Å². The normalized spacial score (nSPS) is 14.9. The number of hydrogen-bond donors (Lipinski definition) is 0. The van der Waals surface area contributed by atoms with Crippen LogP contribution in [-0.2, 0) is 11.2 Å². The van der Waals surface area contributed by atoms with Crippen molar-refractivity contribution in [2.75, 3.05) is 20.2 Å². The van der Waals surface area contributed by atoms with E-state index in [1.807, 2.05) is 11.8 Å². The van der Waals surface area contributed by atoms with Crippen LogP contribution in [0.4, 0.5) is 0 Å². The predicted molar refractivity (Wildman–Crippen MR) is 92.9 cm³/mol. The highest BCUT2D eigenvalue weighted by atomic mass is 35.5. The molecule has 0 N–H and O–H groups in total. The zero-order valence-electron chi connectivity index (χ0n) is 13.9. The molecule has 5 nitrogen and oxygen atoms in total. The molecule has 1 fully saturated rings. The molecule has 128 valence electrons. The van der Waals surface area contributed by atoms with Crippen molar-refractivity contribution in [1.82, 2.24) is 4.90 Å². The minimum atomic E-state index is -0.477. The van der Waals surface area contributed by atoms with E-state index in [2.05, 4.69) is 0 Å². The molecule has 0 saturated carbocycles. The van der Waals surface area contributed by atoms with Gasteiger partial charge in [0.25, 0.3) is 0 Å². The molecular formula is C18H20ClNO4. The van der Waals surface area contributed by atoms with Crippen molar-refractivity contribution >= 4 is 28.5 Å². The van der Waals surface area contributed by atoms with E-state index in [1.165, 1.54) is 7.11 Å². The number of likely N-dealkylation sites (tertiary alicyclic amines) is 1. The van der Waals surface area contributed by atoms with Crippen LogP contribution in [0.1, 0.15) is 30.4 Å². The van der Waals surface area contributed by atoms with Gasteiger partial charge in [0, 0.05) is 24.5 Å². The van der Waals surface area contributed by atoms with Crippen LogP contribution in [0.2, 0.25) is 5.02 Å². The Morgan fingerprint density at radius 2 is 2.00 bits per heavy atom. The van der Waals surface area contributed by atoms with Crippen LogP contribution in [0.15, 0.2) is 21.3 Å². The van der Waals surface area contributed by atoms with Gasteiger partial charge < -0.3 is 14.1 Å². The molecular weight excluding hydrogens is 330 g/mol. The second-order valence-electron chi connectivity index (χ2n) is 6.09. The van der Waals surface area contributed by atoms with E-state index in [-0.39, 0.29) is 12.3 Å². The standard InChI is InChI=1S/C18H20ClNO4/c1-11-12-8-14(19)16(23-2)10-15(12)24-18(22)13(11)9-17(21)20-6-4-3-5-7-20/h8,10H,3-7,9H2,1-2H3. The number of nitrogens with zero attached hydrogens (tertiary/aromatic N) is 1. The van der Waals surface area contributed by atoms with Gasteiger partial charge in [0.2, 0.25) is 5.91 Å². The van der Waals surface area contributed by atoms with Gasteiger partial charge >= 0.3 is 5.63 Å². The maximum atomic E-state index is 12.5. The Morgan fingerprint density at radius 1 is 1.29 bits per heavy atom. The summed E-state index contributed by atoms with van der Waals surface area (Å²) >= 11 is 6.17. The minimum Gasteiger partial charge on any atom is -0.495 e. The van der Waals surface area contributed by atoms with Gasteiger partial charge in [0.05, 0.1) is 24.1 Å². The third-order valence-corrected chi connectivity index (χ3v) is 4.89. The van der Waals surface area contributed by atoms with Crippen molar-refractivity contribution in [3.63, 3.8) is 0 Å². The first-order valence-electron chi connectivity index (χ1n) is 8.09. The number of carbonyl (C=O) groups excluding carboxylic acids is 1.